The second-order valence-corrected chi connectivity index (χ2v) is 5.36. The van der Waals surface area contributed by atoms with E-state index in [1.54, 1.807) is 19.2 Å². The van der Waals surface area contributed by atoms with Crippen LogP contribution in [0.4, 0.5) is 4.79 Å². The van der Waals surface area contributed by atoms with Gasteiger partial charge < -0.3 is 15.2 Å². The molecule has 0 aliphatic carbocycles. The molecular formula is C18H21N3O3. The van der Waals surface area contributed by atoms with Crippen LogP contribution in [0.5, 0.6) is 11.5 Å². The van der Waals surface area contributed by atoms with Crippen molar-refractivity contribution in [1.82, 2.24) is 5.43 Å². The van der Waals surface area contributed by atoms with Gasteiger partial charge in [0.2, 0.25) is 0 Å². The minimum absolute atomic E-state index is 0.459. The third-order valence-corrected chi connectivity index (χ3v) is 3.46. The molecule has 0 unspecified atom stereocenters. The predicted octanol–water partition coefficient (Wildman–Crippen LogP) is 2.89. The molecule has 0 bridgehead atoms. The Bertz CT molecular complexity index is 757. The molecular weight excluding hydrogens is 306 g/mol. The van der Waals surface area contributed by atoms with Crippen molar-refractivity contribution in [3.8, 4) is 11.5 Å². The summed E-state index contributed by atoms with van der Waals surface area (Å²) in [6, 6.07) is 10.9. The Hall–Kier alpha value is -3.02. The fourth-order valence-corrected chi connectivity index (χ4v) is 2.17. The molecule has 0 aliphatic heterocycles. The van der Waals surface area contributed by atoms with Crippen molar-refractivity contribution in [3.63, 3.8) is 0 Å². The Balaban J connectivity index is 2.11. The van der Waals surface area contributed by atoms with Crippen molar-refractivity contribution >= 4 is 12.2 Å². The molecule has 126 valence electrons. The number of ether oxygens (including phenoxy) is 2. The summed E-state index contributed by atoms with van der Waals surface area (Å²) in [7, 11) is 1.57. The number of hydrogen-bond donors (Lipinski definition) is 2. The van der Waals surface area contributed by atoms with E-state index < -0.39 is 6.03 Å². The summed E-state index contributed by atoms with van der Waals surface area (Å²) in [4.78, 5) is 10.6. The molecule has 0 aromatic heterocycles. The van der Waals surface area contributed by atoms with Crippen LogP contribution >= 0.6 is 0 Å². The maximum atomic E-state index is 10.6. The molecule has 0 aliphatic rings. The lowest BCUT2D eigenvalue weighted by Gasteiger charge is -2.13. The molecule has 3 N–H and O–H groups in total. The van der Waals surface area contributed by atoms with Crippen molar-refractivity contribution < 1.29 is 14.3 Å². The molecule has 2 rings (SSSR count). The monoisotopic (exact) mass is 327 g/mol. The summed E-state index contributed by atoms with van der Waals surface area (Å²) in [5.41, 5.74) is 11.3. The van der Waals surface area contributed by atoms with Crippen LogP contribution in [0, 0.1) is 13.8 Å². The second-order valence-electron chi connectivity index (χ2n) is 5.36. The molecule has 2 aromatic carbocycles. The van der Waals surface area contributed by atoms with Crippen molar-refractivity contribution in [2.45, 2.75) is 20.5 Å². The number of nitrogens with one attached hydrogen (secondary N) is 1. The lowest BCUT2D eigenvalue weighted by molar-refractivity contribution is 0.249. The maximum Gasteiger partial charge on any atom is 0.332 e. The van der Waals surface area contributed by atoms with Gasteiger partial charge in [0.15, 0.2) is 11.5 Å². The van der Waals surface area contributed by atoms with Gasteiger partial charge in [-0.2, -0.15) is 5.10 Å². The lowest BCUT2D eigenvalue weighted by atomic mass is 10.1. The second kappa shape index (κ2) is 8.01. The largest absolute Gasteiger partial charge is 0.493 e. The maximum absolute atomic E-state index is 10.6. The van der Waals surface area contributed by atoms with E-state index in [1.807, 2.05) is 6.07 Å². The standard InChI is InChI=1S/C18H21N3O3/c1-12-4-5-13(2)15(8-12)11-24-16-7-6-14(9-17(16)23-3)10-20-21-18(19)22/h4-10H,11H2,1-3H3,(H3,19,21,22)/b20-10-. The summed E-state index contributed by atoms with van der Waals surface area (Å²) in [5, 5.41) is 3.72. The SMILES string of the molecule is COc1cc(/C=N\NC(N)=O)ccc1OCc1cc(C)ccc1C. The quantitative estimate of drug-likeness (QED) is 0.632. The van der Waals surface area contributed by atoms with Gasteiger partial charge in [0.1, 0.15) is 6.61 Å². The van der Waals surface area contributed by atoms with Gasteiger partial charge in [0, 0.05) is 0 Å². The van der Waals surface area contributed by atoms with Crippen molar-refractivity contribution in [2.75, 3.05) is 7.11 Å². The normalized spacial score (nSPS) is 10.6. The van der Waals surface area contributed by atoms with Gasteiger partial charge in [-0.25, -0.2) is 10.2 Å². The van der Waals surface area contributed by atoms with Crippen LogP contribution in [0.3, 0.4) is 0 Å². The topological polar surface area (TPSA) is 85.9 Å². The molecule has 2 aromatic rings. The molecule has 0 saturated heterocycles. The minimum atomic E-state index is -0.716. The van der Waals surface area contributed by atoms with Crippen molar-refractivity contribution in [1.29, 1.82) is 0 Å². The number of carbonyl (C=O) groups excluding carboxylic acids is 1. The zero-order chi connectivity index (χ0) is 17.5. The van der Waals surface area contributed by atoms with Crippen LogP contribution in [0.15, 0.2) is 41.5 Å². The molecule has 2 amide bonds. The van der Waals surface area contributed by atoms with Gasteiger partial charge in [-0.05, 0) is 48.7 Å². The third kappa shape index (κ3) is 4.74. The average Bonchev–Trinajstić information content (AvgIpc) is 2.56. The molecule has 0 fully saturated rings. The van der Waals surface area contributed by atoms with E-state index in [9.17, 15) is 4.79 Å². The Morgan fingerprint density at radius 2 is 2.00 bits per heavy atom. The molecule has 6 nitrogen and oxygen atoms in total. The highest BCUT2D eigenvalue weighted by Gasteiger charge is 2.07. The van der Waals surface area contributed by atoms with Gasteiger partial charge in [0.05, 0.1) is 13.3 Å². The molecule has 0 atom stereocenters. The van der Waals surface area contributed by atoms with Crippen LogP contribution < -0.4 is 20.6 Å². The van der Waals surface area contributed by atoms with Crippen LogP contribution in [-0.2, 0) is 6.61 Å². The number of carbonyl (C=O) groups is 1. The van der Waals surface area contributed by atoms with Crippen LogP contribution in [-0.4, -0.2) is 19.4 Å². The molecule has 0 saturated carbocycles. The Morgan fingerprint density at radius 3 is 2.71 bits per heavy atom. The highest BCUT2D eigenvalue weighted by Crippen LogP contribution is 2.28. The smallest absolute Gasteiger partial charge is 0.332 e. The number of aryl methyl sites for hydroxylation is 2. The van der Waals surface area contributed by atoms with Gasteiger partial charge in [-0.15, -0.1) is 0 Å². The summed E-state index contributed by atoms with van der Waals surface area (Å²) >= 11 is 0. The first-order valence-corrected chi connectivity index (χ1v) is 7.45. The minimum Gasteiger partial charge on any atom is -0.493 e. The highest BCUT2D eigenvalue weighted by atomic mass is 16.5. The molecule has 0 radical (unpaired) electrons. The summed E-state index contributed by atoms with van der Waals surface area (Å²) in [6.45, 7) is 4.57. The number of primary amides is 1. The van der Waals surface area contributed by atoms with Crippen LogP contribution in [0.25, 0.3) is 0 Å². The van der Waals surface area contributed by atoms with Gasteiger partial charge in [-0.1, -0.05) is 23.8 Å². The van der Waals surface area contributed by atoms with Gasteiger partial charge >= 0.3 is 6.03 Å². The number of nitrogens with two attached hydrogens (primary N) is 1. The van der Waals surface area contributed by atoms with E-state index in [-0.39, 0.29) is 0 Å². The Labute approximate surface area is 141 Å². The first-order valence-electron chi connectivity index (χ1n) is 7.45. The van der Waals surface area contributed by atoms with E-state index in [0.29, 0.717) is 18.1 Å². The summed E-state index contributed by atoms with van der Waals surface area (Å²) in [6.07, 6.45) is 1.47. The van der Waals surface area contributed by atoms with E-state index in [1.165, 1.54) is 17.3 Å². The third-order valence-electron chi connectivity index (χ3n) is 3.46. The van der Waals surface area contributed by atoms with E-state index >= 15 is 0 Å². The van der Waals surface area contributed by atoms with E-state index in [4.69, 9.17) is 15.2 Å². The predicted molar refractivity (Wildman–Crippen MR) is 93.6 cm³/mol. The van der Waals surface area contributed by atoms with Gasteiger partial charge in [-0.3, -0.25) is 0 Å². The number of amides is 2. The van der Waals surface area contributed by atoms with Crippen molar-refractivity contribution in [3.05, 3.63) is 58.7 Å². The number of hydrogen-bond acceptors (Lipinski definition) is 4. The first kappa shape index (κ1) is 17.3. The fraction of sp³-hybridized carbons (Fsp3) is 0.222. The van der Waals surface area contributed by atoms with E-state index in [0.717, 1.165) is 11.1 Å². The number of hydrazone groups is 1. The molecule has 6 heteroatoms. The molecule has 0 heterocycles. The molecule has 0 spiro atoms. The number of rotatable bonds is 6. The van der Waals surface area contributed by atoms with Gasteiger partial charge in [0.25, 0.3) is 0 Å². The fourth-order valence-electron chi connectivity index (χ4n) is 2.17. The van der Waals surface area contributed by atoms with E-state index in [2.05, 4.69) is 42.6 Å². The zero-order valence-electron chi connectivity index (χ0n) is 14.0. The average molecular weight is 327 g/mol. The number of benzene rings is 2. The number of methoxy groups -OCH3 is 1. The van der Waals surface area contributed by atoms with Crippen LogP contribution in [0.1, 0.15) is 22.3 Å². The molecule has 24 heavy (non-hydrogen) atoms. The van der Waals surface area contributed by atoms with Crippen molar-refractivity contribution in [2.24, 2.45) is 10.8 Å². The summed E-state index contributed by atoms with van der Waals surface area (Å²) in [5.74, 6) is 1.22. The Morgan fingerprint density at radius 1 is 1.21 bits per heavy atom. The summed E-state index contributed by atoms with van der Waals surface area (Å²) < 4.78 is 11.2. The Kier molecular flexibility index (Phi) is 5.78. The number of urea groups is 1. The first-order chi connectivity index (χ1) is 11.5. The van der Waals surface area contributed by atoms with Crippen LogP contribution in [0.2, 0.25) is 0 Å². The lowest BCUT2D eigenvalue weighted by Crippen LogP contribution is -2.24. The zero-order valence-corrected chi connectivity index (χ0v) is 14.0. The highest BCUT2D eigenvalue weighted by molar-refractivity contribution is 5.82. The number of nitrogens with zero attached hydrogens (tertiary/aromatic N) is 1.